The number of hydroxylamine groups is 1. The molecule has 8 nitrogen and oxygen atoms in total. The van der Waals surface area contributed by atoms with Crippen LogP contribution in [0, 0.1) is 6.92 Å². The highest BCUT2D eigenvalue weighted by molar-refractivity contribution is 7.92. The number of hydrogen-bond acceptors (Lipinski definition) is 8. The van der Waals surface area contributed by atoms with E-state index in [0.29, 0.717) is 23.5 Å². The van der Waals surface area contributed by atoms with Crippen LogP contribution in [0.25, 0.3) is 10.4 Å². The molecule has 3 aromatic rings. The van der Waals surface area contributed by atoms with Gasteiger partial charge in [0, 0.05) is 41.3 Å². The van der Waals surface area contributed by atoms with Gasteiger partial charge in [0.15, 0.2) is 16.1 Å². The van der Waals surface area contributed by atoms with Gasteiger partial charge < -0.3 is 9.64 Å². The number of nitrogens with zero attached hydrogens (tertiary/aromatic N) is 1. The first-order valence-corrected chi connectivity index (χ1v) is 16.5. The van der Waals surface area contributed by atoms with E-state index < -0.39 is 26.8 Å². The molecule has 1 unspecified atom stereocenters. The van der Waals surface area contributed by atoms with Crippen LogP contribution in [-0.2, 0) is 29.0 Å². The van der Waals surface area contributed by atoms with E-state index in [1.165, 1.54) is 22.7 Å². The Bertz CT molecular complexity index is 1400. The molecule has 0 saturated carbocycles. The molecule has 2 aliphatic rings. The molecule has 0 spiro atoms. The van der Waals surface area contributed by atoms with Gasteiger partial charge in [-0.25, -0.2) is 18.7 Å². The normalized spacial score (nSPS) is 23.2. The van der Waals surface area contributed by atoms with Crippen LogP contribution >= 0.6 is 22.7 Å². The summed E-state index contributed by atoms with van der Waals surface area (Å²) in [5.74, 6) is -0.966. The summed E-state index contributed by atoms with van der Waals surface area (Å²) in [5.41, 5.74) is 5.11. The van der Waals surface area contributed by atoms with Crippen molar-refractivity contribution in [2.24, 2.45) is 0 Å². The topological polar surface area (TPSA) is 102 Å². The van der Waals surface area contributed by atoms with Gasteiger partial charge in [0.05, 0.1) is 17.7 Å². The Morgan fingerprint density at radius 1 is 1.13 bits per heavy atom. The molecule has 2 atom stereocenters. The standard InChI is InChI=1S/C28H32N2O6S3/c1-20-5-7-21(8-6-20)23-9-10-24(38-23)28(18-25(31)29-36-26-4-2-3-15-35-26)12-13-30(14-17-39(28,33)34)27(32)22-11-16-37-19-22/h5-11,16,19,26H,2-4,12-15,17-18H2,1H3,(H,29,31)/t26?,28-/m0/s1. The molecule has 1 aromatic carbocycles. The van der Waals surface area contributed by atoms with Crippen molar-refractivity contribution in [2.75, 3.05) is 25.4 Å². The van der Waals surface area contributed by atoms with E-state index in [-0.39, 0.29) is 37.6 Å². The molecule has 2 aliphatic heterocycles. The summed E-state index contributed by atoms with van der Waals surface area (Å²) in [7, 11) is -3.85. The molecule has 0 bridgehead atoms. The molecule has 5 rings (SSSR count). The summed E-state index contributed by atoms with van der Waals surface area (Å²) in [5, 5.41) is 3.59. The van der Waals surface area contributed by atoms with Gasteiger partial charge in [0.25, 0.3) is 5.91 Å². The number of rotatable bonds is 7. The number of sulfone groups is 1. The summed E-state index contributed by atoms with van der Waals surface area (Å²) in [4.78, 5) is 34.9. The minimum Gasteiger partial charge on any atom is -0.350 e. The van der Waals surface area contributed by atoms with E-state index in [2.05, 4.69) is 5.48 Å². The maximum Gasteiger partial charge on any atom is 0.254 e. The molecule has 0 radical (unpaired) electrons. The van der Waals surface area contributed by atoms with Crippen molar-refractivity contribution in [3.8, 4) is 10.4 Å². The zero-order chi connectivity index (χ0) is 27.5. The van der Waals surface area contributed by atoms with Crippen molar-refractivity contribution in [3.63, 3.8) is 0 Å². The van der Waals surface area contributed by atoms with Gasteiger partial charge in [-0.2, -0.15) is 11.3 Å². The molecular weight excluding hydrogens is 557 g/mol. The second-order valence-electron chi connectivity index (χ2n) is 10.0. The van der Waals surface area contributed by atoms with E-state index >= 15 is 0 Å². The van der Waals surface area contributed by atoms with Crippen molar-refractivity contribution in [2.45, 2.75) is 50.1 Å². The van der Waals surface area contributed by atoms with Crippen molar-refractivity contribution < 1.29 is 27.6 Å². The predicted molar refractivity (Wildman–Crippen MR) is 152 cm³/mol. The van der Waals surface area contributed by atoms with Crippen LogP contribution in [-0.4, -0.2) is 56.9 Å². The maximum atomic E-state index is 14.0. The Labute approximate surface area is 236 Å². The SMILES string of the molecule is Cc1ccc(-c2ccc([C@@]3(CC(=O)NOC4CCCCO4)CCN(C(=O)c4ccsc4)CCS3(=O)=O)s2)cc1. The Morgan fingerprint density at radius 3 is 2.67 bits per heavy atom. The van der Waals surface area contributed by atoms with E-state index in [1.807, 2.05) is 48.7 Å². The molecule has 39 heavy (non-hydrogen) atoms. The Morgan fingerprint density at radius 2 is 1.95 bits per heavy atom. The first-order valence-electron chi connectivity index (χ1n) is 13.0. The molecule has 11 heteroatoms. The summed E-state index contributed by atoms with van der Waals surface area (Å²) in [6.07, 6.45) is 1.79. The summed E-state index contributed by atoms with van der Waals surface area (Å²) >= 11 is 2.80. The number of hydrogen-bond donors (Lipinski definition) is 1. The molecule has 208 valence electrons. The van der Waals surface area contributed by atoms with Gasteiger partial charge >= 0.3 is 0 Å². The Balaban J connectivity index is 1.45. The van der Waals surface area contributed by atoms with Crippen LogP contribution in [0.1, 0.15) is 52.9 Å². The first kappa shape index (κ1) is 28.0. The highest BCUT2D eigenvalue weighted by Crippen LogP contribution is 2.45. The lowest BCUT2D eigenvalue weighted by atomic mass is 9.97. The third kappa shape index (κ3) is 6.12. The van der Waals surface area contributed by atoms with Crippen LogP contribution in [0.15, 0.2) is 53.2 Å². The number of amides is 2. The van der Waals surface area contributed by atoms with Gasteiger partial charge in [-0.3, -0.25) is 9.59 Å². The predicted octanol–water partition coefficient (Wildman–Crippen LogP) is 4.91. The van der Waals surface area contributed by atoms with Crippen LogP contribution in [0.2, 0.25) is 0 Å². The number of benzene rings is 1. The zero-order valence-electron chi connectivity index (χ0n) is 21.8. The lowest BCUT2D eigenvalue weighted by molar-refractivity contribution is -0.200. The average molecular weight is 589 g/mol. The van der Waals surface area contributed by atoms with Crippen molar-refractivity contribution in [1.29, 1.82) is 0 Å². The van der Waals surface area contributed by atoms with Crippen molar-refractivity contribution in [1.82, 2.24) is 10.4 Å². The minimum absolute atomic E-state index is 0.0724. The molecule has 4 heterocycles. The van der Waals surface area contributed by atoms with Gasteiger partial charge in [-0.05, 0) is 55.3 Å². The van der Waals surface area contributed by atoms with E-state index in [0.717, 1.165) is 28.8 Å². The van der Waals surface area contributed by atoms with Crippen LogP contribution in [0.3, 0.4) is 0 Å². The summed E-state index contributed by atoms with van der Waals surface area (Å²) < 4.78 is 32.1. The van der Waals surface area contributed by atoms with Gasteiger partial charge in [-0.1, -0.05) is 29.8 Å². The highest BCUT2D eigenvalue weighted by Gasteiger charge is 2.50. The lowest BCUT2D eigenvalue weighted by Gasteiger charge is -2.31. The van der Waals surface area contributed by atoms with Gasteiger partial charge in [0.1, 0.15) is 4.75 Å². The monoisotopic (exact) mass is 588 g/mol. The van der Waals surface area contributed by atoms with Crippen LogP contribution in [0.4, 0.5) is 0 Å². The average Bonchev–Trinajstić information content (AvgIpc) is 3.63. The number of ether oxygens (including phenoxy) is 1. The molecular formula is C28H32N2O6S3. The number of aryl methyl sites for hydroxylation is 1. The molecule has 2 fully saturated rings. The maximum absolute atomic E-state index is 14.0. The second kappa shape index (κ2) is 11.9. The third-order valence-electron chi connectivity index (χ3n) is 7.35. The first-order chi connectivity index (χ1) is 18.8. The fraction of sp³-hybridized carbons (Fsp3) is 0.429. The second-order valence-corrected chi connectivity index (χ2v) is 14.3. The lowest BCUT2D eigenvalue weighted by Crippen LogP contribution is -2.43. The molecule has 2 saturated heterocycles. The zero-order valence-corrected chi connectivity index (χ0v) is 24.2. The van der Waals surface area contributed by atoms with E-state index in [4.69, 9.17) is 9.57 Å². The molecule has 1 N–H and O–H groups in total. The number of carbonyl (C=O) groups is 2. The van der Waals surface area contributed by atoms with Crippen LogP contribution < -0.4 is 5.48 Å². The molecule has 2 amide bonds. The largest absolute Gasteiger partial charge is 0.350 e. The minimum atomic E-state index is -3.85. The number of carbonyl (C=O) groups excluding carboxylic acids is 2. The Kier molecular flexibility index (Phi) is 8.53. The van der Waals surface area contributed by atoms with Gasteiger partial charge in [-0.15, -0.1) is 11.3 Å². The fourth-order valence-electron chi connectivity index (χ4n) is 5.03. The van der Waals surface area contributed by atoms with Crippen molar-refractivity contribution in [3.05, 3.63) is 69.2 Å². The third-order valence-corrected chi connectivity index (χ3v) is 12.0. The quantitative estimate of drug-likeness (QED) is 0.394. The van der Waals surface area contributed by atoms with E-state index in [1.54, 1.807) is 16.3 Å². The van der Waals surface area contributed by atoms with Crippen molar-refractivity contribution >= 4 is 44.3 Å². The molecule has 2 aromatic heterocycles. The van der Waals surface area contributed by atoms with Crippen LogP contribution in [0.5, 0.6) is 0 Å². The summed E-state index contributed by atoms with van der Waals surface area (Å²) in [6, 6.07) is 13.5. The molecule has 0 aliphatic carbocycles. The van der Waals surface area contributed by atoms with E-state index in [9.17, 15) is 18.0 Å². The number of thiophene rings is 2. The summed E-state index contributed by atoms with van der Waals surface area (Å²) in [6.45, 7) is 2.86. The Hall–Kier alpha value is -2.57. The fourth-order valence-corrected chi connectivity index (χ4v) is 9.27. The van der Waals surface area contributed by atoms with Gasteiger partial charge in [0.2, 0.25) is 5.91 Å². The smallest absolute Gasteiger partial charge is 0.254 e. The highest BCUT2D eigenvalue weighted by atomic mass is 32.2. The number of nitrogens with one attached hydrogen (secondary N) is 1.